The Morgan fingerprint density at radius 2 is 1.41 bits per heavy atom. The van der Waals surface area contributed by atoms with Crippen LogP contribution in [0.25, 0.3) is 21.8 Å². The first kappa shape index (κ1) is 15.6. The summed E-state index contributed by atoms with van der Waals surface area (Å²) in [6, 6.07) is 17.7. The number of phenols is 1. The monoisotopic (exact) mass is 356 g/mol. The van der Waals surface area contributed by atoms with Crippen molar-refractivity contribution in [1.82, 2.24) is 4.57 Å². The van der Waals surface area contributed by atoms with E-state index in [9.17, 15) is 14.7 Å². The van der Waals surface area contributed by atoms with Crippen molar-refractivity contribution >= 4 is 39.3 Å². The van der Waals surface area contributed by atoms with Gasteiger partial charge in [-0.15, -0.1) is 0 Å². The third kappa shape index (κ3) is 2.05. The fourth-order valence-corrected chi connectivity index (χ4v) is 3.98. The van der Waals surface area contributed by atoms with E-state index in [4.69, 9.17) is 0 Å². The molecule has 5 nitrogen and oxygen atoms in total. The second kappa shape index (κ2) is 5.45. The minimum Gasteiger partial charge on any atom is -0.508 e. The lowest BCUT2D eigenvalue weighted by Crippen LogP contribution is -2.29. The smallest absolute Gasteiger partial charge is 0.266 e. The summed E-state index contributed by atoms with van der Waals surface area (Å²) < 4.78 is 2.15. The lowest BCUT2D eigenvalue weighted by Gasteiger charge is -2.14. The molecule has 0 atom stereocenters. The van der Waals surface area contributed by atoms with Crippen molar-refractivity contribution in [3.05, 3.63) is 71.8 Å². The van der Waals surface area contributed by atoms with Gasteiger partial charge in [-0.2, -0.15) is 0 Å². The number of aryl methyl sites for hydroxylation is 1. The summed E-state index contributed by atoms with van der Waals surface area (Å²) in [6.07, 6.45) is 0. The zero-order chi connectivity index (χ0) is 18.7. The molecule has 2 heterocycles. The molecule has 1 aliphatic rings. The molecular weight excluding hydrogens is 340 g/mol. The first-order valence-electron chi connectivity index (χ1n) is 8.83. The highest BCUT2D eigenvalue weighted by atomic mass is 16.3. The van der Waals surface area contributed by atoms with Gasteiger partial charge in [-0.1, -0.05) is 12.1 Å². The Hall–Kier alpha value is -3.60. The number of rotatable bonds is 2. The number of benzene rings is 3. The topological polar surface area (TPSA) is 62.5 Å². The van der Waals surface area contributed by atoms with Gasteiger partial charge in [0.05, 0.1) is 16.8 Å². The van der Waals surface area contributed by atoms with Gasteiger partial charge in [-0.25, -0.2) is 4.90 Å². The normalized spacial score (nSPS) is 13.7. The molecule has 0 spiro atoms. The molecule has 132 valence electrons. The second-order valence-electron chi connectivity index (χ2n) is 6.64. The van der Waals surface area contributed by atoms with Crippen molar-refractivity contribution in [2.75, 3.05) is 4.90 Å². The van der Waals surface area contributed by atoms with Gasteiger partial charge >= 0.3 is 0 Å². The van der Waals surface area contributed by atoms with Crippen LogP contribution in [0.4, 0.5) is 5.69 Å². The number of phenolic OH excluding ortho intramolecular Hbond substituents is 1. The Balaban J connectivity index is 1.74. The Kier molecular flexibility index (Phi) is 3.15. The fraction of sp³-hybridized carbons (Fsp3) is 0.0909. The summed E-state index contributed by atoms with van der Waals surface area (Å²) in [4.78, 5) is 26.8. The first-order valence-corrected chi connectivity index (χ1v) is 8.83. The Morgan fingerprint density at radius 3 is 2.04 bits per heavy atom. The zero-order valence-electron chi connectivity index (χ0n) is 14.6. The number of imide groups is 1. The number of fused-ring (bicyclic) bond motifs is 4. The number of carbonyl (C=O) groups is 2. The molecule has 3 aromatic carbocycles. The Bertz CT molecular complexity index is 1230. The van der Waals surface area contributed by atoms with Gasteiger partial charge in [-0.3, -0.25) is 9.59 Å². The average molecular weight is 356 g/mol. The number of aromatic nitrogens is 1. The van der Waals surface area contributed by atoms with Crippen LogP contribution in [0.5, 0.6) is 5.75 Å². The lowest BCUT2D eigenvalue weighted by molar-refractivity contribution is 0.0926. The van der Waals surface area contributed by atoms with E-state index in [1.165, 1.54) is 4.90 Å². The van der Waals surface area contributed by atoms with Crippen LogP contribution in [0, 0.1) is 0 Å². The second-order valence-corrected chi connectivity index (χ2v) is 6.64. The van der Waals surface area contributed by atoms with Crippen LogP contribution >= 0.6 is 0 Å². The fourth-order valence-electron chi connectivity index (χ4n) is 3.98. The predicted octanol–water partition coefficient (Wildman–Crippen LogP) is 4.32. The number of carbonyl (C=O) groups excluding carboxylic acids is 2. The van der Waals surface area contributed by atoms with Crippen LogP contribution in [0.3, 0.4) is 0 Å². The summed E-state index contributed by atoms with van der Waals surface area (Å²) in [7, 11) is 0. The van der Waals surface area contributed by atoms with Crippen LogP contribution < -0.4 is 4.90 Å². The first-order chi connectivity index (χ1) is 13.1. The van der Waals surface area contributed by atoms with Gasteiger partial charge in [0.15, 0.2) is 0 Å². The van der Waals surface area contributed by atoms with Gasteiger partial charge < -0.3 is 9.67 Å². The molecule has 1 aromatic heterocycles. The molecule has 0 radical (unpaired) electrons. The summed E-state index contributed by atoms with van der Waals surface area (Å²) in [5, 5.41) is 11.7. The molecule has 0 fully saturated rings. The summed E-state index contributed by atoms with van der Waals surface area (Å²) in [5.74, 6) is -0.433. The van der Waals surface area contributed by atoms with E-state index in [1.54, 1.807) is 42.5 Å². The highest BCUT2D eigenvalue weighted by Crippen LogP contribution is 2.36. The van der Waals surface area contributed by atoms with Crippen molar-refractivity contribution < 1.29 is 14.7 Å². The van der Waals surface area contributed by atoms with Gasteiger partial charge in [0.2, 0.25) is 0 Å². The van der Waals surface area contributed by atoms with E-state index in [2.05, 4.69) is 11.5 Å². The molecule has 4 aromatic rings. The van der Waals surface area contributed by atoms with Crippen molar-refractivity contribution in [3.63, 3.8) is 0 Å². The highest BCUT2D eigenvalue weighted by Gasteiger charge is 2.36. The molecule has 0 bridgehead atoms. The van der Waals surface area contributed by atoms with E-state index in [0.29, 0.717) is 16.8 Å². The van der Waals surface area contributed by atoms with Crippen LogP contribution in [-0.4, -0.2) is 21.5 Å². The molecular formula is C22H16N2O3. The van der Waals surface area contributed by atoms with E-state index >= 15 is 0 Å². The Morgan fingerprint density at radius 1 is 0.815 bits per heavy atom. The molecule has 2 amide bonds. The third-order valence-corrected chi connectivity index (χ3v) is 5.20. The Labute approximate surface area is 155 Å². The van der Waals surface area contributed by atoms with Gasteiger partial charge in [-0.05, 0) is 55.5 Å². The molecule has 1 N–H and O–H groups in total. The standard InChI is InChI=1S/C22H16N2O3/c1-2-23-19-9-7-13(11-17(19)18-12-14(25)8-10-20(18)23)24-21(26)15-5-3-4-6-16(15)22(24)27/h3-12,25H,2H2,1H3. The van der Waals surface area contributed by atoms with E-state index in [-0.39, 0.29) is 17.6 Å². The molecule has 5 rings (SSSR count). The molecule has 0 saturated carbocycles. The third-order valence-electron chi connectivity index (χ3n) is 5.20. The summed E-state index contributed by atoms with van der Waals surface area (Å²) >= 11 is 0. The molecule has 1 aliphatic heterocycles. The number of anilines is 1. The van der Waals surface area contributed by atoms with Crippen molar-refractivity contribution in [2.45, 2.75) is 13.5 Å². The molecule has 0 saturated heterocycles. The number of nitrogens with zero attached hydrogens (tertiary/aromatic N) is 2. The van der Waals surface area contributed by atoms with Crippen LogP contribution in [0.1, 0.15) is 27.6 Å². The summed E-state index contributed by atoms with van der Waals surface area (Å²) in [6.45, 7) is 2.83. The van der Waals surface area contributed by atoms with Crippen LogP contribution in [0.15, 0.2) is 60.7 Å². The van der Waals surface area contributed by atoms with E-state index < -0.39 is 0 Å². The maximum atomic E-state index is 12.8. The molecule has 27 heavy (non-hydrogen) atoms. The maximum Gasteiger partial charge on any atom is 0.266 e. The maximum absolute atomic E-state index is 12.8. The number of hydrogen-bond acceptors (Lipinski definition) is 3. The van der Waals surface area contributed by atoms with Crippen LogP contribution in [-0.2, 0) is 6.54 Å². The van der Waals surface area contributed by atoms with E-state index in [0.717, 1.165) is 28.4 Å². The van der Waals surface area contributed by atoms with Crippen molar-refractivity contribution in [3.8, 4) is 5.75 Å². The van der Waals surface area contributed by atoms with Gasteiger partial charge in [0.25, 0.3) is 11.8 Å². The van der Waals surface area contributed by atoms with Crippen LogP contribution in [0.2, 0.25) is 0 Å². The number of amides is 2. The van der Waals surface area contributed by atoms with Gasteiger partial charge in [0, 0.05) is 28.4 Å². The number of hydrogen-bond donors (Lipinski definition) is 1. The SMILES string of the molecule is CCn1c2ccc(O)cc2c2cc(N3C(=O)c4ccccc4C3=O)ccc21. The minimum atomic E-state index is -0.308. The highest BCUT2D eigenvalue weighted by molar-refractivity contribution is 6.34. The lowest BCUT2D eigenvalue weighted by atomic mass is 10.1. The molecule has 0 aliphatic carbocycles. The number of aromatic hydroxyl groups is 1. The van der Waals surface area contributed by atoms with Crippen molar-refractivity contribution in [2.24, 2.45) is 0 Å². The minimum absolute atomic E-state index is 0.184. The molecule has 0 unspecified atom stereocenters. The predicted molar refractivity (Wildman–Crippen MR) is 104 cm³/mol. The average Bonchev–Trinajstić information content (AvgIpc) is 3.13. The van der Waals surface area contributed by atoms with Gasteiger partial charge in [0.1, 0.15) is 5.75 Å². The summed E-state index contributed by atoms with van der Waals surface area (Å²) in [5.41, 5.74) is 3.39. The zero-order valence-corrected chi connectivity index (χ0v) is 14.6. The quantitative estimate of drug-likeness (QED) is 0.544. The largest absolute Gasteiger partial charge is 0.508 e. The van der Waals surface area contributed by atoms with E-state index in [1.807, 2.05) is 18.2 Å². The molecule has 5 heteroatoms. The van der Waals surface area contributed by atoms with Crippen molar-refractivity contribution in [1.29, 1.82) is 0 Å².